The van der Waals surface area contributed by atoms with Gasteiger partial charge in [0.05, 0.1) is 17.1 Å². The van der Waals surface area contributed by atoms with Gasteiger partial charge in [-0.05, 0) is 45.8 Å². The zero-order valence-corrected chi connectivity index (χ0v) is 23.8. The molecule has 0 saturated carbocycles. The quantitative estimate of drug-likeness (QED) is 0.233. The van der Waals surface area contributed by atoms with E-state index in [0.29, 0.717) is 41.0 Å². The summed E-state index contributed by atoms with van der Waals surface area (Å²) in [7, 11) is 0. The molecule has 2 unspecified atom stereocenters. The van der Waals surface area contributed by atoms with Gasteiger partial charge in [-0.25, -0.2) is 0 Å². The van der Waals surface area contributed by atoms with Gasteiger partial charge in [-0.15, -0.1) is 0 Å². The molecule has 2 fully saturated rings. The summed E-state index contributed by atoms with van der Waals surface area (Å²) in [6, 6.07) is 2.10. The minimum absolute atomic E-state index is 0.00602. The Balaban J connectivity index is 1.98. The van der Waals surface area contributed by atoms with Crippen LogP contribution in [0.1, 0.15) is 82.9 Å². The monoisotopic (exact) mass is 530 g/mol. The van der Waals surface area contributed by atoms with Crippen LogP contribution in [0.15, 0.2) is 9.70 Å². The standard InChI is InChI=1S/C27H38N4O3S2/c1-6-8-9-10-11-12-13-31-26(33)23(36-27(31)35)14-21-20(5)22(15-28)25(32)30(7-2)24(21)29-16-18(3)34-19(4)17-29/h14,18-19H,6-13,16-17H2,1-5H3/b23-14-. The number of hydrogen-bond donors (Lipinski definition) is 0. The average Bonchev–Trinajstić information content (AvgIpc) is 3.09. The third-order valence-corrected chi connectivity index (χ3v) is 8.14. The van der Waals surface area contributed by atoms with Crippen LogP contribution in [0.3, 0.4) is 0 Å². The smallest absolute Gasteiger partial charge is 0.270 e. The largest absolute Gasteiger partial charge is 0.372 e. The number of pyridine rings is 1. The molecule has 0 aromatic carbocycles. The molecule has 0 N–H and O–H groups in total. The van der Waals surface area contributed by atoms with E-state index in [1.807, 2.05) is 26.8 Å². The van der Waals surface area contributed by atoms with E-state index in [-0.39, 0.29) is 29.2 Å². The van der Waals surface area contributed by atoms with Crippen LogP contribution >= 0.6 is 24.0 Å². The van der Waals surface area contributed by atoms with Crippen molar-refractivity contribution >= 4 is 46.1 Å². The number of amides is 1. The summed E-state index contributed by atoms with van der Waals surface area (Å²) in [5, 5.41) is 9.78. The molecule has 1 amide bonds. The fourth-order valence-electron chi connectivity index (χ4n) is 5.00. The number of aromatic nitrogens is 1. The fraction of sp³-hybridized carbons (Fsp3) is 0.630. The van der Waals surface area contributed by atoms with Crippen LogP contribution in [-0.2, 0) is 16.1 Å². The van der Waals surface area contributed by atoms with Gasteiger partial charge in [-0.2, -0.15) is 5.26 Å². The normalized spacial score (nSPS) is 21.5. The maximum Gasteiger partial charge on any atom is 0.270 e. The van der Waals surface area contributed by atoms with E-state index in [2.05, 4.69) is 17.9 Å². The van der Waals surface area contributed by atoms with Crippen molar-refractivity contribution in [1.29, 1.82) is 5.26 Å². The molecule has 1 aromatic rings. The number of ether oxygens (including phenoxy) is 1. The van der Waals surface area contributed by atoms with Gasteiger partial charge >= 0.3 is 0 Å². The Kier molecular flexibility index (Phi) is 10.2. The number of thioether (sulfide) groups is 1. The Morgan fingerprint density at radius 1 is 1.11 bits per heavy atom. The van der Waals surface area contributed by atoms with Crippen molar-refractivity contribution in [3.05, 3.63) is 31.9 Å². The first-order valence-electron chi connectivity index (χ1n) is 13.1. The zero-order valence-electron chi connectivity index (χ0n) is 22.1. The van der Waals surface area contributed by atoms with Crippen LogP contribution in [-0.4, -0.2) is 51.5 Å². The predicted molar refractivity (Wildman–Crippen MR) is 151 cm³/mol. The van der Waals surface area contributed by atoms with Gasteiger partial charge in [0.1, 0.15) is 21.8 Å². The summed E-state index contributed by atoms with van der Waals surface area (Å²) in [4.78, 5) is 30.9. The highest BCUT2D eigenvalue weighted by atomic mass is 32.2. The highest BCUT2D eigenvalue weighted by molar-refractivity contribution is 8.26. The summed E-state index contributed by atoms with van der Waals surface area (Å²) in [5.74, 6) is 0.641. The molecule has 36 heavy (non-hydrogen) atoms. The number of unbranched alkanes of at least 4 members (excludes halogenated alkanes) is 5. The van der Waals surface area contributed by atoms with Crippen molar-refractivity contribution in [1.82, 2.24) is 9.47 Å². The molecule has 9 heteroatoms. The predicted octanol–water partition coefficient (Wildman–Crippen LogP) is 5.22. The minimum atomic E-state index is -0.299. The fourth-order valence-corrected chi connectivity index (χ4v) is 6.29. The number of nitrogens with zero attached hydrogens (tertiary/aromatic N) is 4. The van der Waals surface area contributed by atoms with Gasteiger partial charge in [0.2, 0.25) is 0 Å². The lowest BCUT2D eigenvalue weighted by atomic mass is 10.0. The van der Waals surface area contributed by atoms with Crippen molar-refractivity contribution in [2.45, 2.75) is 91.9 Å². The third-order valence-electron chi connectivity index (χ3n) is 6.77. The summed E-state index contributed by atoms with van der Waals surface area (Å²) in [5.41, 5.74) is 1.14. The summed E-state index contributed by atoms with van der Waals surface area (Å²) in [6.45, 7) is 12.2. The Morgan fingerprint density at radius 2 is 1.75 bits per heavy atom. The molecule has 1 aromatic heterocycles. The Hall–Kier alpha value is -2.15. The van der Waals surface area contributed by atoms with E-state index < -0.39 is 0 Å². The SMILES string of the molecule is CCCCCCCCN1C(=O)/C(=C/c2c(C)c(C#N)c(=O)n(CC)c2N2CC(C)OC(C)C2)SC1=S. The van der Waals surface area contributed by atoms with E-state index in [9.17, 15) is 14.9 Å². The van der Waals surface area contributed by atoms with Crippen molar-refractivity contribution in [2.75, 3.05) is 24.5 Å². The van der Waals surface area contributed by atoms with E-state index in [1.165, 1.54) is 37.4 Å². The maximum absolute atomic E-state index is 13.3. The molecular formula is C27H38N4O3S2. The molecule has 2 saturated heterocycles. The molecule has 2 atom stereocenters. The summed E-state index contributed by atoms with van der Waals surface area (Å²) in [6.07, 6.45) is 8.69. The Bertz CT molecular complexity index is 1110. The van der Waals surface area contributed by atoms with Crippen LogP contribution in [0.5, 0.6) is 0 Å². The molecule has 0 spiro atoms. The number of carbonyl (C=O) groups excluding carboxylic acids is 1. The number of carbonyl (C=O) groups is 1. The molecule has 7 nitrogen and oxygen atoms in total. The number of thiocarbonyl (C=S) groups is 1. The summed E-state index contributed by atoms with van der Waals surface area (Å²) >= 11 is 6.86. The van der Waals surface area contributed by atoms with Crippen molar-refractivity contribution in [2.24, 2.45) is 0 Å². The lowest BCUT2D eigenvalue weighted by Crippen LogP contribution is -2.48. The molecular weight excluding hydrogens is 492 g/mol. The van der Waals surface area contributed by atoms with Crippen LogP contribution in [0.25, 0.3) is 6.08 Å². The van der Waals surface area contributed by atoms with E-state index in [1.54, 1.807) is 16.4 Å². The Morgan fingerprint density at radius 3 is 2.36 bits per heavy atom. The molecule has 2 aliphatic heterocycles. The third kappa shape index (κ3) is 6.21. The maximum atomic E-state index is 13.3. The van der Waals surface area contributed by atoms with Crippen molar-refractivity contribution < 1.29 is 9.53 Å². The van der Waals surface area contributed by atoms with E-state index in [4.69, 9.17) is 17.0 Å². The summed E-state index contributed by atoms with van der Waals surface area (Å²) < 4.78 is 8.14. The second-order valence-electron chi connectivity index (χ2n) is 9.66. The number of rotatable bonds is 10. The number of morpholine rings is 1. The second-order valence-corrected chi connectivity index (χ2v) is 11.3. The van der Waals surface area contributed by atoms with E-state index >= 15 is 0 Å². The van der Waals surface area contributed by atoms with E-state index in [0.717, 1.165) is 24.2 Å². The minimum Gasteiger partial charge on any atom is -0.372 e. The molecule has 0 aliphatic carbocycles. The van der Waals surface area contributed by atoms with Gasteiger partial charge in [0.25, 0.3) is 11.5 Å². The average molecular weight is 531 g/mol. The first-order chi connectivity index (χ1) is 17.2. The molecule has 0 radical (unpaired) electrons. The number of nitriles is 1. The number of anilines is 1. The molecule has 196 valence electrons. The highest BCUT2D eigenvalue weighted by Gasteiger charge is 2.34. The topological polar surface area (TPSA) is 78.6 Å². The van der Waals surface area contributed by atoms with Crippen LogP contribution in [0, 0.1) is 18.3 Å². The Labute approximate surface area is 224 Å². The molecule has 3 rings (SSSR count). The van der Waals surface area contributed by atoms with Gasteiger partial charge in [0, 0.05) is 31.7 Å². The van der Waals surface area contributed by atoms with Gasteiger partial charge in [0.15, 0.2) is 0 Å². The lowest BCUT2D eigenvalue weighted by Gasteiger charge is -2.39. The molecule has 0 bridgehead atoms. The first kappa shape index (κ1) is 28.4. The van der Waals surface area contributed by atoms with Gasteiger partial charge in [-0.3, -0.25) is 19.1 Å². The first-order valence-corrected chi connectivity index (χ1v) is 14.3. The molecule has 3 heterocycles. The lowest BCUT2D eigenvalue weighted by molar-refractivity contribution is -0.122. The zero-order chi connectivity index (χ0) is 26.4. The number of hydrogen-bond acceptors (Lipinski definition) is 7. The van der Waals surface area contributed by atoms with Crippen molar-refractivity contribution in [3.63, 3.8) is 0 Å². The van der Waals surface area contributed by atoms with Gasteiger partial charge in [-0.1, -0.05) is 63.0 Å². The van der Waals surface area contributed by atoms with Gasteiger partial charge < -0.3 is 9.64 Å². The molecule has 2 aliphatic rings. The van der Waals surface area contributed by atoms with Crippen LogP contribution in [0.4, 0.5) is 5.82 Å². The van der Waals surface area contributed by atoms with Crippen LogP contribution < -0.4 is 10.5 Å². The van der Waals surface area contributed by atoms with Crippen molar-refractivity contribution in [3.8, 4) is 6.07 Å². The van der Waals surface area contributed by atoms with Crippen LogP contribution in [0.2, 0.25) is 0 Å². The highest BCUT2D eigenvalue weighted by Crippen LogP contribution is 2.36. The second kappa shape index (κ2) is 12.9.